The Hall–Kier alpha value is -1.59. The number of rotatable bonds is 6. The maximum Gasteiger partial charge on any atom is 0.407 e. The molecule has 2 rings (SSSR count). The summed E-state index contributed by atoms with van der Waals surface area (Å²) in [6, 6.07) is 0. The third kappa shape index (κ3) is 4.64. The normalized spacial score (nSPS) is 28.6. The van der Waals surface area contributed by atoms with Crippen LogP contribution in [0.4, 0.5) is 9.18 Å². The van der Waals surface area contributed by atoms with E-state index in [4.69, 9.17) is 4.74 Å². The molecule has 6 heteroatoms. The number of alkyl halides is 1. The Labute approximate surface area is 161 Å². The zero-order valence-electron chi connectivity index (χ0n) is 17.4. The Kier molecular flexibility index (Phi) is 5.98. The molecule has 1 amide bonds. The van der Waals surface area contributed by atoms with E-state index in [1.54, 1.807) is 20.8 Å². The highest BCUT2D eigenvalue weighted by Crippen LogP contribution is 2.64. The molecule has 0 radical (unpaired) electrons. The van der Waals surface area contributed by atoms with Crippen LogP contribution in [-0.4, -0.2) is 36.0 Å². The largest absolute Gasteiger partial charge is 0.481 e. The van der Waals surface area contributed by atoms with Gasteiger partial charge >= 0.3 is 12.1 Å². The number of ether oxygens (including phenoxy) is 1. The summed E-state index contributed by atoms with van der Waals surface area (Å²) in [6.07, 6.45) is 3.50. The average Bonchev–Trinajstić information content (AvgIpc) is 2.78. The van der Waals surface area contributed by atoms with E-state index in [0.29, 0.717) is 18.8 Å². The van der Waals surface area contributed by atoms with E-state index in [9.17, 15) is 19.1 Å². The van der Waals surface area contributed by atoms with Gasteiger partial charge in [0.15, 0.2) is 0 Å². The number of carbonyl (C=O) groups excluding carboxylic acids is 1. The highest BCUT2D eigenvalue weighted by molar-refractivity contribution is 5.73. The molecular weight excluding hydrogens is 349 g/mol. The molecule has 2 N–H and O–H groups in total. The molecule has 0 saturated heterocycles. The van der Waals surface area contributed by atoms with Crippen molar-refractivity contribution in [3.63, 3.8) is 0 Å². The van der Waals surface area contributed by atoms with Gasteiger partial charge in [-0.2, -0.15) is 0 Å². The molecule has 2 aliphatic carbocycles. The molecule has 0 aromatic heterocycles. The third-order valence-electron chi connectivity index (χ3n) is 5.82. The van der Waals surface area contributed by atoms with Crippen LogP contribution in [0.3, 0.4) is 0 Å². The maximum atomic E-state index is 12.8. The predicted molar refractivity (Wildman–Crippen MR) is 102 cm³/mol. The Bertz CT molecular complexity index is 617. The predicted octanol–water partition coefficient (Wildman–Crippen LogP) is 4.57. The molecule has 0 aliphatic heterocycles. The van der Waals surface area contributed by atoms with Crippen LogP contribution < -0.4 is 5.32 Å². The molecule has 1 saturated carbocycles. The number of aliphatic carboxylic acids is 1. The Morgan fingerprint density at radius 3 is 2.44 bits per heavy atom. The molecule has 5 nitrogen and oxygen atoms in total. The Morgan fingerprint density at radius 2 is 1.96 bits per heavy atom. The number of carboxylic acid groups (broad SMARTS) is 1. The van der Waals surface area contributed by atoms with Crippen molar-refractivity contribution in [3.8, 4) is 0 Å². The summed E-state index contributed by atoms with van der Waals surface area (Å²) in [5.41, 5.74) is -0.589. The van der Waals surface area contributed by atoms with Gasteiger partial charge in [0.1, 0.15) is 5.60 Å². The molecule has 0 aromatic rings. The van der Waals surface area contributed by atoms with Crippen molar-refractivity contribution in [1.29, 1.82) is 0 Å². The molecule has 1 fully saturated rings. The van der Waals surface area contributed by atoms with Crippen LogP contribution in [0, 0.1) is 28.6 Å². The second-order valence-corrected chi connectivity index (χ2v) is 10.2. The van der Waals surface area contributed by atoms with E-state index in [2.05, 4.69) is 11.4 Å². The first kappa shape index (κ1) is 21.7. The van der Waals surface area contributed by atoms with Crippen molar-refractivity contribution in [2.45, 2.75) is 66.4 Å². The number of allylic oxidation sites excluding steroid dienone is 2. The van der Waals surface area contributed by atoms with Gasteiger partial charge in [-0.25, -0.2) is 4.79 Å². The SMILES string of the molecule is CC(C)(C)OC(=O)NC[C@@]1(C(C(=O)O)C(C)(C)C)C[C@H]2CC(CCF)=C[C@H]21. The van der Waals surface area contributed by atoms with Gasteiger partial charge in [0, 0.05) is 12.0 Å². The summed E-state index contributed by atoms with van der Waals surface area (Å²) in [6.45, 7) is 11.0. The highest BCUT2D eigenvalue weighted by atomic mass is 19.1. The number of carboxylic acids is 1. The fourth-order valence-corrected chi connectivity index (χ4v) is 5.16. The number of amides is 1. The van der Waals surface area contributed by atoms with Gasteiger partial charge in [-0.3, -0.25) is 9.18 Å². The van der Waals surface area contributed by atoms with Crippen LogP contribution in [-0.2, 0) is 9.53 Å². The quantitative estimate of drug-likeness (QED) is 0.659. The first-order valence-electron chi connectivity index (χ1n) is 9.75. The van der Waals surface area contributed by atoms with Gasteiger partial charge < -0.3 is 15.2 Å². The molecule has 154 valence electrons. The number of hydrogen-bond acceptors (Lipinski definition) is 3. The lowest BCUT2D eigenvalue weighted by Crippen LogP contribution is -2.61. The third-order valence-corrected chi connectivity index (χ3v) is 5.82. The first-order valence-corrected chi connectivity index (χ1v) is 9.75. The number of carbonyl (C=O) groups is 2. The summed E-state index contributed by atoms with van der Waals surface area (Å²) < 4.78 is 18.1. The van der Waals surface area contributed by atoms with E-state index < -0.39 is 41.1 Å². The van der Waals surface area contributed by atoms with Crippen LogP contribution in [0.15, 0.2) is 11.6 Å². The molecule has 4 atom stereocenters. The minimum absolute atomic E-state index is 0.0503. The van der Waals surface area contributed by atoms with Gasteiger partial charge in [-0.05, 0) is 57.3 Å². The highest BCUT2D eigenvalue weighted by Gasteiger charge is 2.63. The summed E-state index contributed by atoms with van der Waals surface area (Å²) in [4.78, 5) is 24.4. The lowest BCUT2D eigenvalue weighted by molar-refractivity contribution is -0.167. The smallest absolute Gasteiger partial charge is 0.407 e. The topological polar surface area (TPSA) is 75.6 Å². The number of halogens is 1. The number of fused-ring (bicyclic) bond motifs is 1. The molecule has 0 spiro atoms. The lowest BCUT2D eigenvalue weighted by Gasteiger charge is -2.58. The summed E-state index contributed by atoms with van der Waals surface area (Å²) in [5.74, 6) is -1.08. The fraction of sp³-hybridized carbons (Fsp3) is 0.810. The van der Waals surface area contributed by atoms with Crippen molar-refractivity contribution in [2.24, 2.45) is 28.6 Å². The zero-order valence-corrected chi connectivity index (χ0v) is 17.4. The van der Waals surface area contributed by atoms with Crippen LogP contribution in [0.25, 0.3) is 0 Å². The maximum absolute atomic E-state index is 12.8. The van der Waals surface area contributed by atoms with E-state index in [1.807, 2.05) is 20.8 Å². The van der Waals surface area contributed by atoms with Crippen LogP contribution in [0.5, 0.6) is 0 Å². The second-order valence-electron chi connectivity index (χ2n) is 10.2. The number of hydrogen-bond donors (Lipinski definition) is 2. The number of alkyl carbamates (subject to hydrolysis) is 1. The van der Waals surface area contributed by atoms with Gasteiger partial charge in [-0.1, -0.05) is 32.4 Å². The van der Waals surface area contributed by atoms with Crippen LogP contribution in [0.2, 0.25) is 0 Å². The van der Waals surface area contributed by atoms with Gasteiger partial charge in [0.2, 0.25) is 0 Å². The number of nitrogens with one attached hydrogen (secondary N) is 1. The van der Waals surface area contributed by atoms with Crippen molar-refractivity contribution in [3.05, 3.63) is 11.6 Å². The first-order chi connectivity index (χ1) is 12.3. The minimum Gasteiger partial charge on any atom is -0.481 e. The van der Waals surface area contributed by atoms with Crippen LogP contribution >= 0.6 is 0 Å². The van der Waals surface area contributed by atoms with Crippen molar-refractivity contribution in [1.82, 2.24) is 5.32 Å². The monoisotopic (exact) mass is 383 g/mol. The van der Waals surface area contributed by atoms with Crippen molar-refractivity contribution < 1.29 is 23.8 Å². The van der Waals surface area contributed by atoms with Crippen molar-refractivity contribution in [2.75, 3.05) is 13.2 Å². The molecule has 0 aromatic carbocycles. The average molecular weight is 384 g/mol. The molecule has 1 unspecified atom stereocenters. The van der Waals surface area contributed by atoms with E-state index in [-0.39, 0.29) is 12.5 Å². The summed E-state index contributed by atoms with van der Waals surface area (Å²) >= 11 is 0. The molecule has 27 heavy (non-hydrogen) atoms. The van der Waals surface area contributed by atoms with Gasteiger partial charge in [0.05, 0.1) is 12.6 Å². The standard InChI is InChI=1S/C21H34FNO4/c1-19(2,3)16(17(24)25)21(12-23-18(26)27-20(4,5)6)11-14-9-13(7-8-22)10-15(14)21/h10,14-16H,7-9,11-12H2,1-6H3,(H,23,26)(H,24,25)/t14-,15-,16?,21+/m1/s1. The van der Waals surface area contributed by atoms with E-state index in [0.717, 1.165) is 12.0 Å². The van der Waals surface area contributed by atoms with E-state index in [1.165, 1.54) is 0 Å². The Morgan fingerprint density at radius 1 is 1.33 bits per heavy atom. The second kappa shape index (κ2) is 7.44. The van der Waals surface area contributed by atoms with Gasteiger partial charge in [0.25, 0.3) is 0 Å². The van der Waals surface area contributed by atoms with Crippen molar-refractivity contribution >= 4 is 12.1 Å². The van der Waals surface area contributed by atoms with Crippen LogP contribution in [0.1, 0.15) is 60.8 Å². The van der Waals surface area contributed by atoms with Gasteiger partial charge in [-0.15, -0.1) is 0 Å². The zero-order chi connectivity index (χ0) is 20.6. The summed E-state index contributed by atoms with van der Waals surface area (Å²) in [7, 11) is 0. The minimum atomic E-state index is -0.848. The fourth-order valence-electron chi connectivity index (χ4n) is 5.16. The molecule has 0 bridgehead atoms. The molecule has 0 heterocycles. The molecule has 2 aliphatic rings. The molecular formula is C21H34FNO4. The Balaban J connectivity index is 2.28. The lowest BCUT2D eigenvalue weighted by atomic mass is 9.46. The van der Waals surface area contributed by atoms with E-state index >= 15 is 0 Å². The summed E-state index contributed by atoms with van der Waals surface area (Å²) in [5, 5.41) is 12.8.